The largest absolute Gasteiger partial charge is 0.394 e. The van der Waals surface area contributed by atoms with Crippen molar-refractivity contribution in [2.45, 2.75) is 18.9 Å². The Kier molecular flexibility index (Phi) is 6.10. The van der Waals surface area contributed by atoms with Crippen molar-refractivity contribution in [1.82, 2.24) is 24.4 Å². The first-order chi connectivity index (χ1) is 16.9. The van der Waals surface area contributed by atoms with Gasteiger partial charge in [-0.3, -0.25) is 9.67 Å². The van der Waals surface area contributed by atoms with Crippen molar-refractivity contribution in [3.63, 3.8) is 0 Å². The number of hydrogen-bond acceptors (Lipinski definition) is 5. The molecule has 1 unspecified atom stereocenters. The number of aliphatic hydroxyl groups excluding tert-OH is 2. The summed E-state index contributed by atoms with van der Waals surface area (Å²) in [5.74, 6) is -1.51. The molecule has 5 rings (SSSR count). The van der Waals surface area contributed by atoms with Crippen molar-refractivity contribution in [3.05, 3.63) is 84.6 Å². The average Bonchev–Trinajstić information content (AvgIpc) is 3.48. The van der Waals surface area contributed by atoms with Gasteiger partial charge >= 0.3 is 0 Å². The van der Waals surface area contributed by atoms with Crippen LogP contribution >= 0.6 is 0 Å². The first-order valence-corrected chi connectivity index (χ1v) is 11.1. The summed E-state index contributed by atoms with van der Waals surface area (Å²) in [5, 5.41) is 27.7. The van der Waals surface area contributed by atoms with Crippen molar-refractivity contribution in [1.29, 1.82) is 0 Å². The maximum Gasteiger partial charge on any atom is 0.152 e. The molecule has 35 heavy (non-hydrogen) atoms. The van der Waals surface area contributed by atoms with Crippen LogP contribution in [0.3, 0.4) is 0 Å². The highest BCUT2D eigenvalue weighted by molar-refractivity contribution is 5.83. The molecule has 0 spiro atoms. The molecule has 0 aliphatic carbocycles. The number of rotatable bonds is 7. The first kappa shape index (κ1) is 22.8. The van der Waals surface area contributed by atoms with Gasteiger partial charge in [-0.15, -0.1) is 0 Å². The number of halogens is 2. The van der Waals surface area contributed by atoms with Crippen molar-refractivity contribution in [2.24, 2.45) is 7.05 Å². The molecule has 2 N–H and O–H groups in total. The Bertz CT molecular complexity index is 1510. The van der Waals surface area contributed by atoms with Crippen LogP contribution in [0.25, 0.3) is 39.0 Å². The van der Waals surface area contributed by atoms with E-state index >= 15 is 0 Å². The smallest absolute Gasteiger partial charge is 0.152 e. The van der Waals surface area contributed by atoms with E-state index in [1.807, 2.05) is 37.6 Å². The molecule has 0 fully saturated rings. The van der Waals surface area contributed by atoms with Crippen LogP contribution in [0.1, 0.15) is 12.0 Å². The van der Waals surface area contributed by atoms with Gasteiger partial charge in [0, 0.05) is 47.8 Å². The highest BCUT2D eigenvalue weighted by Gasteiger charge is 2.15. The number of hydrogen-bond donors (Lipinski definition) is 2. The lowest BCUT2D eigenvalue weighted by Gasteiger charge is -2.12. The lowest BCUT2D eigenvalue weighted by atomic mass is 9.96. The molecule has 4 heterocycles. The van der Waals surface area contributed by atoms with E-state index in [1.165, 1.54) is 0 Å². The molecule has 0 aliphatic heterocycles. The van der Waals surface area contributed by atoms with Crippen LogP contribution in [0.5, 0.6) is 0 Å². The number of aliphatic hydroxyl groups is 2. The molecule has 5 aromatic rings. The monoisotopic (exact) mass is 475 g/mol. The number of aryl methyl sites for hydroxylation is 2. The summed E-state index contributed by atoms with van der Waals surface area (Å²) in [6.45, 7) is -0.339. The van der Waals surface area contributed by atoms with E-state index in [0.717, 1.165) is 45.6 Å². The lowest BCUT2D eigenvalue weighted by Crippen LogP contribution is -2.12. The molecule has 0 saturated carbocycles. The zero-order chi connectivity index (χ0) is 24.5. The molecule has 1 aromatic carbocycles. The third kappa shape index (κ3) is 4.68. The van der Waals surface area contributed by atoms with Crippen LogP contribution in [-0.2, 0) is 13.5 Å². The van der Waals surface area contributed by atoms with Crippen molar-refractivity contribution < 1.29 is 19.0 Å². The van der Waals surface area contributed by atoms with Crippen LogP contribution in [-0.4, -0.2) is 47.3 Å². The molecule has 9 heteroatoms. The third-order valence-electron chi connectivity index (χ3n) is 5.92. The van der Waals surface area contributed by atoms with Gasteiger partial charge in [0.25, 0.3) is 0 Å². The van der Waals surface area contributed by atoms with E-state index in [2.05, 4.69) is 15.2 Å². The van der Waals surface area contributed by atoms with Gasteiger partial charge in [0.15, 0.2) is 5.82 Å². The molecule has 7 nitrogen and oxygen atoms in total. The fourth-order valence-corrected chi connectivity index (χ4v) is 4.13. The lowest BCUT2D eigenvalue weighted by molar-refractivity contribution is 0.0886. The highest BCUT2D eigenvalue weighted by Crippen LogP contribution is 2.32. The molecular formula is C26H23F2N5O2. The van der Waals surface area contributed by atoms with Crippen molar-refractivity contribution in [3.8, 4) is 33.5 Å². The predicted octanol–water partition coefficient (Wildman–Crippen LogP) is 4.03. The number of pyridine rings is 2. The minimum absolute atomic E-state index is 0.0348. The van der Waals surface area contributed by atoms with Gasteiger partial charge in [-0.25, -0.2) is 13.3 Å². The predicted molar refractivity (Wildman–Crippen MR) is 127 cm³/mol. The molecule has 0 amide bonds. The van der Waals surface area contributed by atoms with Crippen LogP contribution in [0.15, 0.2) is 67.4 Å². The molecule has 4 aromatic heterocycles. The van der Waals surface area contributed by atoms with E-state index in [9.17, 15) is 19.0 Å². The first-order valence-electron chi connectivity index (χ1n) is 11.1. The van der Waals surface area contributed by atoms with E-state index in [0.29, 0.717) is 18.4 Å². The highest BCUT2D eigenvalue weighted by atomic mass is 19.1. The summed E-state index contributed by atoms with van der Waals surface area (Å²) >= 11 is 0. The second-order valence-electron chi connectivity index (χ2n) is 8.49. The van der Waals surface area contributed by atoms with Crippen LogP contribution in [0.4, 0.5) is 8.78 Å². The maximum atomic E-state index is 14.6. The van der Waals surface area contributed by atoms with Crippen molar-refractivity contribution >= 4 is 5.52 Å². The summed E-state index contributed by atoms with van der Waals surface area (Å²) in [7, 11) is 1.86. The average molecular weight is 475 g/mol. The fourth-order valence-electron chi connectivity index (χ4n) is 4.13. The van der Waals surface area contributed by atoms with Crippen LogP contribution in [0, 0.1) is 11.6 Å². The number of fused-ring (bicyclic) bond motifs is 1. The molecule has 0 bridgehead atoms. The number of nitrogens with zero attached hydrogens (tertiary/aromatic N) is 5. The van der Waals surface area contributed by atoms with E-state index in [4.69, 9.17) is 0 Å². The van der Waals surface area contributed by atoms with E-state index < -0.39 is 17.7 Å². The number of aromatic nitrogens is 5. The zero-order valence-electron chi connectivity index (χ0n) is 18.9. The summed E-state index contributed by atoms with van der Waals surface area (Å²) < 4.78 is 31.5. The number of benzene rings is 1. The minimum Gasteiger partial charge on any atom is -0.394 e. The zero-order valence-corrected chi connectivity index (χ0v) is 18.9. The molecule has 0 radical (unpaired) electrons. The Morgan fingerprint density at radius 2 is 1.74 bits per heavy atom. The SMILES string of the molecule is Cn1cc(-c2ccc3c(-c4cc(CCC(O)CO)cc(-c5ncc(F)cc5F)c4)cnn3c2)cn1. The topological polar surface area (TPSA) is 88.5 Å². The van der Waals surface area contributed by atoms with Crippen LogP contribution < -0.4 is 0 Å². The molecular weight excluding hydrogens is 452 g/mol. The van der Waals surface area contributed by atoms with Crippen molar-refractivity contribution in [2.75, 3.05) is 6.61 Å². The summed E-state index contributed by atoms with van der Waals surface area (Å²) in [6.07, 6.45) is 8.28. The van der Waals surface area contributed by atoms with Crippen LogP contribution in [0.2, 0.25) is 0 Å². The Balaban J connectivity index is 1.59. The molecule has 0 saturated heterocycles. The fraction of sp³-hybridized carbons (Fsp3) is 0.192. The van der Waals surface area contributed by atoms with E-state index in [-0.39, 0.29) is 12.3 Å². The Hall–Kier alpha value is -3.95. The molecule has 178 valence electrons. The summed E-state index contributed by atoms with van der Waals surface area (Å²) in [5.41, 5.74) is 5.74. The summed E-state index contributed by atoms with van der Waals surface area (Å²) in [4.78, 5) is 3.96. The van der Waals surface area contributed by atoms with Gasteiger partial charge < -0.3 is 10.2 Å². The Morgan fingerprint density at radius 3 is 2.49 bits per heavy atom. The van der Waals surface area contributed by atoms with Gasteiger partial charge in [-0.1, -0.05) is 12.1 Å². The second kappa shape index (κ2) is 9.36. The quantitative estimate of drug-likeness (QED) is 0.371. The molecule has 1 atom stereocenters. The van der Waals surface area contributed by atoms with Gasteiger partial charge in [-0.2, -0.15) is 10.2 Å². The Labute approximate surface area is 199 Å². The molecule has 0 aliphatic rings. The maximum absolute atomic E-state index is 14.6. The van der Waals surface area contributed by atoms with E-state index in [1.54, 1.807) is 33.7 Å². The standard InChI is InChI=1S/C26H23F2N5O2/c1-32-13-20(10-30-32)17-3-5-25-23(12-31-33(25)14-17)18-6-16(2-4-22(35)15-34)7-19(8-18)26-24(28)9-21(27)11-29-26/h3,5-14,22,34-35H,2,4,15H2,1H3. The minimum atomic E-state index is -0.856. The third-order valence-corrected chi connectivity index (χ3v) is 5.92. The second-order valence-corrected chi connectivity index (χ2v) is 8.49. The van der Waals surface area contributed by atoms with Gasteiger partial charge in [0.2, 0.25) is 0 Å². The summed E-state index contributed by atoms with van der Waals surface area (Å²) in [6, 6.07) is 10.3. The normalized spacial score (nSPS) is 12.4. The van der Waals surface area contributed by atoms with Gasteiger partial charge in [0.1, 0.15) is 11.5 Å². The van der Waals surface area contributed by atoms with Gasteiger partial charge in [0.05, 0.1) is 36.8 Å². The van der Waals surface area contributed by atoms with Gasteiger partial charge in [-0.05, 0) is 42.2 Å². The Morgan fingerprint density at radius 1 is 0.914 bits per heavy atom.